The Labute approximate surface area is 86.6 Å². The second-order valence-corrected chi connectivity index (χ2v) is 3.05. The highest BCUT2D eigenvalue weighted by Crippen LogP contribution is 2.19. The number of rotatable bonds is 1. The van der Waals surface area contributed by atoms with Crippen molar-refractivity contribution in [2.75, 3.05) is 0 Å². The molecule has 0 bridgehead atoms. The molecule has 0 saturated heterocycles. The van der Waals surface area contributed by atoms with Crippen molar-refractivity contribution in [3.63, 3.8) is 0 Å². The molecule has 0 aliphatic heterocycles. The van der Waals surface area contributed by atoms with E-state index in [1.807, 2.05) is 6.07 Å². The van der Waals surface area contributed by atoms with Crippen LogP contribution in [0.3, 0.4) is 0 Å². The Balaban J connectivity index is 2.50. The van der Waals surface area contributed by atoms with E-state index in [0.717, 1.165) is 11.1 Å². The van der Waals surface area contributed by atoms with Gasteiger partial charge in [-0.15, -0.1) is 0 Å². The summed E-state index contributed by atoms with van der Waals surface area (Å²) in [5, 5.41) is 8.68. The lowest BCUT2D eigenvalue weighted by Crippen LogP contribution is -1.84. The Hall–Kier alpha value is -2.21. The van der Waals surface area contributed by atoms with E-state index in [9.17, 15) is 4.39 Å². The third kappa shape index (κ3) is 2.00. The maximum absolute atomic E-state index is 13.0. The zero-order valence-electron chi connectivity index (χ0n) is 7.81. The van der Waals surface area contributed by atoms with Crippen LogP contribution in [-0.2, 0) is 0 Å². The normalized spacial score (nSPS) is 9.60. The van der Waals surface area contributed by atoms with Crippen molar-refractivity contribution < 1.29 is 4.39 Å². The average molecular weight is 198 g/mol. The van der Waals surface area contributed by atoms with Crippen LogP contribution in [0.4, 0.5) is 4.39 Å². The van der Waals surface area contributed by atoms with E-state index in [1.165, 1.54) is 12.1 Å². The van der Waals surface area contributed by atoms with Crippen LogP contribution >= 0.6 is 0 Å². The van der Waals surface area contributed by atoms with Gasteiger partial charge in [-0.1, -0.05) is 12.1 Å². The van der Waals surface area contributed by atoms with Gasteiger partial charge in [0, 0.05) is 6.20 Å². The summed E-state index contributed by atoms with van der Waals surface area (Å²) in [6, 6.07) is 11.6. The molecule has 1 aromatic carbocycles. The molecule has 72 valence electrons. The summed E-state index contributed by atoms with van der Waals surface area (Å²) in [6.45, 7) is 0. The molecule has 15 heavy (non-hydrogen) atoms. The minimum Gasteiger partial charge on any atom is -0.246 e. The molecule has 1 heterocycles. The molecule has 0 fully saturated rings. The molecule has 0 radical (unpaired) electrons. The Kier molecular flexibility index (Phi) is 2.42. The van der Waals surface area contributed by atoms with E-state index >= 15 is 0 Å². The summed E-state index contributed by atoms with van der Waals surface area (Å²) in [6.07, 6.45) is 1.54. The predicted molar refractivity (Wildman–Crippen MR) is 54.3 cm³/mol. The summed E-state index contributed by atoms with van der Waals surface area (Å²) in [4.78, 5) is 3.85. The fourth-order valence-electron chi connectivity index (χ4n) is 1.34. The molecule has 0 spiro atoms. The number of nitriles is 1. The molecule has 2 rings (SSSR count). The molecule has 2 aromatic rings. The van der Waals surface area contributed by atoms with E-state index in [0.29, 0.717) is 5.69 Å². The standard InChI is InChI=1S/C12H7FN2/c13-11-3-1-2-9(6-11)10-4-5-15-12(7-10)8-14/h1-7H. The highest BCUT2D eigenvalue weighted by molar-refractivity contribution is 5.64. The second kappa shape index (κ2) is 3.89. The van der Waals surface area contributed by atoms with E-state index < -0.39 is 0 Å². The third-order valence-corrected chi connectivity index (χ3v) is 2.03. The fraction of sp³-hybridized carbons (Fsp3) is 0. The van der Waals surface area contributed by atoms with Crippen LogP contribution in [0, 0.1) is 17.1 Å². The first-order valence-electron chi connectivity index (χ1n) is 4.42. The smallest absolute Gasteiger partial charge is 0.141 e. The molecule has 0 aliphatic rings. The number of aromatic nitrogens is 1. The topological polar surface area (TPSA) is 36.7 Å². The molecule has 0 atom stereocenters. The number of benzene rings is 1. The fourth-order valence-corrected chi connectivity index (χ4v) is 1.34. The molecule has 0 unspecified atom stereocenters. The lowest BCUT2D eigenvalue weighted by Gasteiger charge is -2.00. The zero-order chi connectivity index (χ0) is 10.7. The van der Waals surface area contributed by atoms with Gasteiger partial charge < -0.3 is 0 Å². The van der Waals surface area contributed by atoms with Crippen molar-refractivity contribution in [1.29, 1.82) is 5.26 Å². The third-order valence-electron chi connectivity index (χ3n) is 2.03. The SMILES string of the molecule is N#Cc1cc(-c2cccc(F)c2)ccn1. The number of hydrogen-bond acceptors (Lipinski definition) is 2. The molecule has 0 aliphatic carbocycles. The second-order valence-electron chi connectivity index (χ2n) is 3.05. The van der Waals surface area contributed by atoms with Crippen molar-refractivity contribution in [2.24, 2.45) is 0 Å². The Morgan fingerprint density at radius 2 is 1.93 bits per heavy atom. The Morgan fingerprint density at radius 1 is 1.13 bits per heavy atom. The molecular formula is C12H7FN2. The highest BCUT2D eigenvalue weighted by atomic mass is 19.1. The monoisotopic (exact) mass is 198 g/mol. The summed E-state index contributed by atoms with van der Waals surface area (Å²) in [5.74, 6) is -0.289. The van der Waals surface area contributed by atoms with Gasteiger partial charge in [-0.05, 0) is 35.4 Å². The van der Waals surface area contributed by atoms with Crippen molar-refractivity contribution in [3.8, 4) is 17.2 Å². The van der Waals surface area contributed by atoms with Crippen LogP contribution in [0.15, 0.2) is 42.6 Å². The number of nitrogens with zero attached hydrogens (tertiary/aromatic N) is 2. The van der Waals surface area contributed by atoms with Gasteiger partial charge in [-0.25, -0.2) is 9.37 Å². The maximum atomic E-state index is 13.0. The van der Waals surface area contributed by atoms with Gasteiger partial charge in [0.25, 0.3) is 0 Å². The minimum absolute atomic E-state index is 0.289. The van der Waals surface area contributed by atoms with Crippen LogP contribution in [0.1, 0.15) is 5.69 Å². The first-order valence-corrected chi connectivity index (χ1v) is 4.42. The quantitative estimate of drug-likeness (QED) is 0.706. The molecule has 1 aromatic heterocycles. The van der Waals surface area contributed by atoms with Gasteiger partial charge in [-0.2, -0.15) is 5.26 Å². The summed E-state index contributed by atoms with van der Waals surface area (Å²) < 4.78 is 13.0. The van der Waals surface area contributed by atoms with E-state index in [2.05, 4.69) is 4.98 Å². The molecular weight excluding hydrogens is 191 g/mol. The number of halogens is 1. The Bertz CT molecular complexity index is 529. The molecule has 2 nitrogen and oxygen atoms in total. The van der Waals surface area contributed by atoms with Crippen molar-refractivity contribution in [2.45, 2.75) is 0 Å². The highest BCUT2D eigenvalue weighted by Gasteiger charge is 2.00. The van der Waals surface area contributed by atoms with Gasteiger partial charge in [-0.3, -0.25) is 0 Å². The van der Waals surface area contributed by atoms with Crippen LogP contribution in [-0.4, -0.2) is 4.98 Å². The van der Waals surface area contributed by atoms with Crippen LogP contribution < -0.4 is 0 Å². The first-order chi connectivity index (χ1) is 7.29. The molecule has 3 heteroatoms. The van der Waals surface area contributed by atoms with E-state index in [4.69, 9.17) is 5.26 Å². The lowest BCUT2D eigenvalue weighted by atomic mass is 10.1. The molecule has 0 saturated carbocycles. The summed E-state index contributed by atoms with van der Waals surface area (Å²) in [7, 11) is 0. The van der Waals surface area contributed by atoms with Gasteiger partial charge in [0.2, 0.25) is 0 Å². The number of hydrogen-bond donors (Lipinski definition) is 0. The van der Waals surface area contributed by atoms with Crippen LogP contribution in [0.25, 0.3) is 11.1 Å². The minimum atomic E-state index is -0.289. The van der Waals surface area contributed by atoms with Crippen molar-refractivity contribution in [1.82, 2.24) is 4.98 Å². The summed E-state index contributed by atoms with van der Waals surface area (Å²) >= 11 is 0. The Morgan fingerprint density at radius 3 is 2.67 bits per heavy atom. The molecule has 0 N–H and O–H groups in total. The van der Waals surface area contributed by atoms with Crippen molar-refractivity contribution in [3.05, 3.63) is 54.1 Å². The van der Waals surface area contributed by atoms with E-state index in [-0.39, 0.29) is 5.82 Å². The predicted octanol–water partition coefficient (Wildman–Crippen LogP) is 2.76. The van der Waals surface area contributed by atoms with Crippen molar-refractivity contribution >= 4 is 0 Å². The summed E-state index contributed by atoms with van der Waals surface area (Å²) in [5.41, 5.74) is 1.87. The first kappa shape index (κ1) is 9.35. The number of pyridine rings is 1. The van der Waals surface area contributed by atoms with E-state index in [1.54, 1.807) is 30.5 Å². The van der Waals surface area contributed by atoms with Gasteiger partial charge in [0.1, 0.15) is 17.6 Å². The molecule has 0 amide bonds. The average Bonchev–Trinajstić information content (AvgIpc) is 2.29. The van der Waals surface area contributed by atoms with Crippen LogP contribution in [0.2, 0.25) is 0 Å². The zero-order valence-corrected chi connectivity index (χ0v) is 7.81. The van der Waals surface area contributed by atoms with Crippen LogP contribution in [0.5, 0.6) is 0 Å². The largest absolute Gasteiger partial charge is 0.246 e. The van der Waals surface area contributed by atoms with Gasteiger partial charge >= 0.3 is 0 Å². The van der Waals surface area contributed by atoms with Gasteiger partial charge in [0.05, 0.1) is 0 Å². The maximum Gasteiger partial charge on any atom is 0.141 e. The van der Waals surface area contributed by atoms with Gasteiger partial charge in [0.15, 0.2) is 0 Å². The lowest BCUT2D eigenvalue weighted by molar-refractivity contribution is 0.628.